The normalized spacial score (nSPS) is 22.6. The number of aliphatic imine (C=N–C) groups is 1. The van der Waals surface area contributed by atoms with Gasteiger partial charge in [-0.05, 0) is 18.2 Å². The minimum Gasteiger partial charge on any atom is -0.387 e. The van der Waals surface area contributed by atoms with Crippen LogP contribution in [0.25, 0.3) is 0 Å². The molecule has 1 aromatic heterocycles. The maximum atomic E-state index is 10.4. The van der Waals surface area contributed by atoms with Gasteiger partial charge >= 0.3 is 0 Å². The van der Waals surface area contributed by atoms with Crippen molar-refractivity contribution in [3.63, 3.8) is 0 Å². The Bertz CT molecular complexity index is 511. The maximum absolute atomic E-state index is 10.4. The fourth-order valence-electron chi connectivity index (χ4n) is 2.41. The summed E-state index contributed by atoms with van der Waals surface area (Å²) < 4.78 is 2.01. The largest absolute Gasteiger partial charge is 0.387 e. The summed E-state index contributed by atoms with van der Waals surface area (Å²) in [7, 11) is 5.71. The first-order valence-corrected chi connectivity index (χ1v) is 8.49. The van der Waals surface area contributed by atoms with E-state index in [1.165, 1.54) is 0 Å². The van der Waals surface area contributed by atoms with E-state index < -0.39 is 5.60 Å². The van der Waals surface area contributed by atoms with Gasteiger partial charge in [-0.15, -0.1) is 0 Å². The predicted molar refractivity (Wildman–Crippen MR) is 90.1 cm³/mol. The Morgan fingerprint density at radius 3 is 2.95 bits per heavy atom. The maximum Gasteiger partial charge on any atom is 0.193 e. The molecule has 7 heteroatoms. The third-order valence-electron chi connectivity index (χ3n) is 3.71. The van der Waals surface area contributed by atoms with Crippen molar-refractivity contribution in [3.8, 4) is 0 Å². The lowest BCUT2D eigenvalue weighted by molar-refractivity contribution is 0.0718. The molecule has 0 aliphatic carbocycles. The van der Waals surface area contributed by atoms with Gasteiger partial charge in [-0.25, -0.2) is 0 Å². The molecule has 2 N–H and O–H groups in total. The van der Waals surface area contributed by atoms with Crippen LogP contribution in [-0.2, 0) is 13.6 Å². The van der Waals surface area contributed by atoms with Crippen molar-refractivity contribution >= 4 is 29.3 Å². The molecule has 1 fully saturated rings. The number of aromatic nitrogens is 1. The van der Waals surface area contributed by atoms with E-state index in [4.69, 9.17) is 11.6 Å². The van der Waals surface area contributed by atoms with Crippen molar-refractivity contribution in [2.45, 2.75) is 18.6 Å². The Morgan fingerprint density at radius 1 is 1.67 bits per heavy atom. The molecule has 1 aliphatic heterocycles. The quantitative estimate of drug-likeness (QED) is 0.650. The average molecular weight is 331 g/mol. The first-order valence-electron chi connectivity index (χ1n) is 6.96. The first-order chi connectivity index (χ1) is 9.93. The first kappa shape index (κ1) is 16.5. The summed E-state index contributed by atoms with van der Waals surface area (Å²) in [4.78, 5) is 6.31. The summed E-state index contributed by atoms with van der Waals surface area (Å²) in [6.45, 7) is 1.24. The topological polar surface area (TPSA) is 52.8 Å². The molecule has 1 atom stereocenters. The molecular weight excluding hydrogens is 308 g/mol. The van der Waals surface area contributed by atoms with Crippen LogP contribution in [0.5, 0.6) is 0 Å². The Balaban J connectivity index is 1.92. The van der Waals surface area contributed by atoms with Gasteiger partial charge in [0.2, 0.25) is 0 Å². The highest BCUT2D eigenvalue weighted by molar-refractivity contribution is 7.99. The molecule has 21 heavy (non-hydrogen) atoms. The number of hydrogen-bond donors (Lipinski definition) is 2. The van der Waals surface area contributed by atoms with Gasteiger partial charge in [0.15, 0.2) is 5.96 Å². The highest BCUT2D eigenvalue weighted by Gasteiger charge is 2.31. The van der Waals surface area contributed by atoms with Gasteiger partial charge in [-0.2, -0.15) is 11.8 Å². The second-order valence-electron chi connectivity index (χ2n) is 5.54. The summed E-state index contributed by atoms with van der Waals surface area (Å²) in [6.07, 6.45) is 2.72. The van der Waals surface area contributed by atoms with Gasteiger partial charge in [0.1, 0.15) is 0 Å². The van der Waals surface area contributed by atoms with Crippen LogP contribution in [0.4, 0.5) is 0 Å². The lowest BCUT2D eigenvalue weighted by Crippen LogP contribution is -2.47. The van der Waals surface area contributed by atoms with Crippen molar-refractivity contribution < 1.29 is 5.11 Å². The fraction of sp³-hybridized carbons (Fsp3) is 0.643. The van der Waals surface area contributed by atoms with Crippen molar-refractivity contribution in [3.05, 3.63) is 23.0 Å². The number of nitrogens with one attached hydrogen (secondary N) is 1. The molecule has 1 aliphatic rings. The van der Waals surface area contributed by atoms with Gasteiger partial charge < -0.3 is 19.9 Å². The van der Waals surface area contributed by atoms with Gasteiger partial charge in [0.05, 0.1) is 17.2 Å². The lowest BCUT2D eigenvalue weighted by Gasteiger charge is -2.27. The van der Waals surface area contributed by atoms with E-state index in [1.807, 2.05) is 35.8 Å². The van der Waals surface area contributed by atoms with Crippen LogP contribution in [-0.4, -0.2) is 58.3 Å². The number of aryl methyl sites for hydroxylation is 1. The number of hydrogen-bond acceptors (Lipinski definition) is 3. The van der Waals surface area contributed by atoms with E-state index in [0.29, 0.717) is 13.1 Å². The zero-order valence-corrected chi connectivity index (χ0v) is 14.3. The monoisotopic (exact) mass is 330 g/mol. The minimum atomic E-state index is -0.615. The molecule has 0 radical (unpaired) electrons. The van der Waals surface area contributed by atoms with Crippen LogP contribution in [0.1, 0.15) is 12.1 Å². The van der Waals surface area contributed by atoms with Crippen LogP contribution in [0.3, 0.4) is 0 Å². The fourth-order valence-corrected chi connectivity index (χ4v) is 3.97. The van der Waals surface area contributed by atoms with Gasteiger partial charge in [0.25, 0.3) is 0 Å². The van der Waals surface area contributed by atoms with Crippen molar-refractivity contribution in [1.29, 1.82) is 0 Å². The zero-order chi connectivity index (χ0) is 15.5. The van der Waals surface area contributed by atoms with Gasteiger partial charge in [-0.1, -0.05) is 11.6 Å². The number of thioether (sulfide) groups is 1. The Labute approximate surface area is 135 Å². The molecule has 1 saturated heterocycles. The molecule has 118 valence electrons. The minimum absolute atomic E-state index is 0.533. The van der Waals surface area contributed by atoms with Crippen molar-refractivity contribution in [2.75, 3.05) is 32.1 Å². The molecule has 0 saturated carbocycles. The average Bonchev–Trinajstić information content (AvgIpc) is 2.97. The summed E-state index contributed by atoms with van der Waals surface area (Å²) in [5.74, 6) is 2.58. The summed E-state index contributed by atoms with van der Waals surface area (Å²) in [5, 5.41) is 14.4. The van der Waals surface area contributed by atoms with Crippen LogP contribution in [0.15, 0.2) is 17.3 Å². The molecule has 0 bridgehead atoms. The lowest BCUT2D eigenvalue weighted by atomic mass is 10.0. The van der Waals surface area contributed by atoms with Gasteiger partial charge in [0, 0.05) is 45.3 Å². The second kappa shape index (κ2) is 6.94. The van der Waals surface area contributed by atoms with Crippen LogP contribution in [0.2, 0.25) is 5.02 Å². The van der Waals surface area contributed by atoms with Crippen molar-refractivity contribution in [1.82, 2.24) is 14.8 Å². The van der Waals surface area contributed by atoms with E-state index in [0.717, 1.165) is 34.6 Å². The van der Waals surface area contributed by atoms with E-state index in [1.54, 1.807) is 18.8 Å². The van der Waals surface area contributed by atoms with E-state index >= 15 is 0 Å². The second-order valence-corrected chi connectivity index (χ2v) is 7.09. The third-order valence-corrected chi connectivity index (χ3v) is 5.15. The van der Waals surface area contributed by atoms with E-state index in [-0.39, 0.29) is 0 Å². The third kappa shape index (κ3) is 4.31. The Hall–Kier alpha value is -0.850. The van der Waals surface area contributed by atoms with E-state index in [2.05, 4.69) is 10.3 Å². The van der Waals surface area contributed by atoms with Crippen molar-refractivity contribution in [2.24, 2.45) is 12.0 Å². The standard InChI is InChI=1S/C14H23ClN4OS/c1-16-13(17-9-14(20)4-5-21-10-14)19(3)8-12-6-11(15)7-18(12)2/h6-7,20H,4-5,8-10H2,1-3H3,(H,16,17). The van der Waals surface area contributed by atoms with Crippen LogP contribution >= 0.6 is 23.4 Å². The highest BCUT2D eigenvalue weighted by atomic mass is 35.5. The Kier molecular flexibility index (Phi) is 5.46. The number of nitrogens with zero attached hydrogens (tertiary/aromatic N) is 3. The molecular formula is C14H23ClN4OS. The summed E-state index contributed by atoms with van der Waals surface area (Å²) in [5.41, 5.74) is 0.496. The molecule has 1 aromatic rings. The van der Waals surface area contributed by atoms with Crippen LogP contribution in [0, 0.1) is 0 Å². The predicted octanol–water partition coefficient (Wildman–Crippen LogP) is 1.55. The molecule has 0 spiro atoms. The van der Waals surface area contributed by atoms with E-state index in [9.17, 15) is 5.11 Å². The van der Waals surface area contributed by atoms with Gasteiger partial charge in [-0.3, -0.25) is 4.99 Å². The smallest absolute Gasteiger partial charge is 0.193 e. The molecule has 1 unspecified atom stereocenters. The zero-order valence-electron chi connectivity index (χ0n) is 12.8. The highest BCUT2D eigenvalue weighted by Crippen LogP contribution is 2.27. The van der Waals surface area contributed by atoms with Crippen LogP contribution < -0.4 is 5.32 Å². The molecule has 0 amide bonds. The molecule has 2 rings (SSSR count). The molecule has 2 heterocycles. The number of guanidine groups is 1. The summed E-state index contributed by atoms with van der Waals surface area (Å²) >= 11 is 7.80. The molecule has 0 aromatic carbocycles. The number of halogens is 1. The number of rotatable bonds is 4. The Morgan fingerprint density at radius 2 is 2.43 bits per heavy atom. The molecule has 5 nitrogen and oxygen atoms in total. The number of aliphatic hydroxyl groups is 1. The summed E-state index contributed by atoms with van der Waals surface area (Å²) in [6, 6.07) is 1.95. The SMILES string of the molecule is CN=C(NCC1(O)CCSC1)N(C)Cc1cc(Cl)cn1C.